The van der Waals surface area contributed by atoms with Gasteiger partial charge in [-0.05, 0) is 87.2 Å². The van der Waals surface area contributed by atoms with Crippen LogP contribution in [0, 0.1) is 11.3 Å². The quantitative estimate of drug-likeness (QED) is 0.583. The lowest BCUT2D eigenvalue weighted by molar-refractivity contribution is 0.0973. The normalized spacial score (nSPS) is 19.1. The van der Waals surface area contributed by atoms with Crippen molar-refractivity contribution in [3.05, 3.63) is 71.0 Å². The summed E-state index contributed by atoms with van der Waals surface area (Å²) in [4.78, 5) is 18.1. The van der Waals surface area contributed by atoms with Gasteiger partial charge in [0, 0.05) is 23.3 Å². The van der Waals surface area contributed by atoms with Crippen molar-refractivity contribution in [2.45, 2.75) is 37.6 Å². The molecule has 0 unspecified atom stereocenters. The predicted octanol–water partition coefficient (Wildman–Crippen LogP) is 4.04. The number of amides is 1. The van der Waals surface area contributed by atoms with E-state index in [0.29, 0.717) is 24.4 Å². The molecule has 7 nitrogen and oxygen atoms in total. The van der Waals surface area contributed by atoms with Crippen LogP contribution in [0.5, 0.6) is 5.75 Å². The van der Waals surface area contributed by atoms with Gasteiger partial charge in [0.25, 0.3) is 5.91 Å². The summed E-state index contributed by atoms with van der Waals surface area (Å²) in [6, 6.07) is 18.1. The second-order valence-corrected chi connectivity index (χ2v) is 9.38. The molecule has 6 rings (SSSR count). The van der Waals surface area contributed by atoms with E-state index in [4.69, 9.17) is 4.74 Å². The van der Waals surface area contributed by atoms with Crippen LogP contribution in [0.4, 0.5) is 5.69 Å². The van der Waals surface area contributed by atoms with Crippen molar-refractivity contribution in [2.75, 3.05) is 31.6 Å². The fourth-order valence-electron chi connectivity index (χ4n) is 5.61. The Kier molecular flexibility index (Phi) is 4.93. The number of fused-ring (bicyclic) bond motifs is 1. The molecule has 7 heteroatoms. The van der Waals surface area contributed by atoms with Crippen molar-refractivity contribution in [3.63, 3.8) is 0 Å². The van der Waals surface area contributed by atoms with E-state index in [1.807, 2.05) is 29.2 Å². The van der Waals surface area contributed by atoms with Crippen molar-refractivity contribution in [1.29, 1.82) is 5.26 Å². The first-order valence-electron chi connectivity index (χ1n) is 12.0. The van der Waals surface area contributed by atoms with Crippen molar-refractivity contribution >= 4 is 11.6 Å². The van der Waals surface area contributed by atoms with Gasteiger partial charge in [0.2, 0.25) is 0 Å². The molecule has 0 N–H and O–H groups in total. The Labute approximate surface area is 199 Å². The molecule has 3 aromatic rings. The summed E-state index contributed by atoms with van der Waals surface area (Å²) in [6.07, 6.45) is 5.61. The molecule has 1 saturated heterocycles. The van der Waals surface area contributed by atoms with Crippen LogP contribution < -0.4 is 9.64 Å². The number of nitrogens with zero attached hydrogens (tertiary/aromatic N) is 5. The maximum Gasteiger partial charge on any atom is 0.277 e. The van der Waals surface area contributed by atoms with Crippen LogP contribution in [0.25, 0.3) is 5.69 Å². The Morgan fingerprint density at radius 1 is 0.971 bits per heavy atom. The minimum atomic E-state index is -0.125. The first-order valence-corrected chi connectivity index (χ1v) is 12.0. The van der Waals surface area contributed by atoms with Crippen molar-refractivity contribution < 1.29 is 9.53 Å². The van der Waals surface area contributed by atoms with Gasteiger partial charge in [-0.15, -0.1) is 0 Å². The molecule has 1 amide bonds. The Balaban J connectivity index is 1.32. The monoisotopic (exact) mass is 453 g/mol. The lowest BCUT2D eigenvalue weighted by Gasteiger charge is -2.30. The van der Waals surface area contributed by atoms with Crippen molar-refractivity contribution in [2.24, 2.45) is 0 Å². The summed E-state index contributed by atoms with van der Waals surface area (Å²) in [7, 11) is 1.61. The van der Waals surface area contributed by atoms with Gasteiger partial charge in [-0.25, -0.2) is 4.68 Å². The molecule has 0 bridgehead atoms. The standard InChI is InChI=1S/C27H27N5O2/c1-34-22-10-8-21(9-11-22)32-25-23(24(18-28)29-32)12-17-31(26(25)33)20-6-4-19(5-7-20)27(13-14-27)30-15-2-3-16-30/h4-11H,2-3,12-17H2,1H3. The molecular formula is C27H27N5O2. The van der Waals surface area contributed by atoms with Gasteiger partial charge < -0.3 is 9.64 Å². The zero-order valence-corrected chi connectivity index (χ0v) is 19.3. The lowest BCUT2D eigenvalue weighted by atomic mass is 10.0. The third-order valence-electron chi connectivity index (χ3n) is 7.59. The van der Waals surface area contributed by atoms with Crippen LogP contribution >= 0.6 is 0 Å². The summed E-state index contributed by atoms with van der Waals surface area (Å²) in [5.41, 5.74) is 4.69. The van der Waals surface area contributed by atoms with E-state index < -0.39 is 0 Å². The summed E-state index contributed by atoms with van der Waals surface area (Å²) < 4.78 is 6.85. The number of likely N-dealkylation sites (tertiary alicyclic amines) is 1. The number of carbonyl (C=O) groups excluding carboxylic acids is 1. The smallest absolute Gasteiger partial charge is 0.277 e. The predicted molar refractivity (Wildman–Crippen MR) is 128 cm³/mol. The highest BCUT2D eigenvalue weighted by molar-refractivity contribution is 6.07. The first-order chi connectivity index (χ1) is 16.6. The summed E-state index contributed by atoms with van der Waals surface area (Å²) >= 11 is 0. The molecule has 3 aliphatic rings. The number of nitriles is 1. The van der Waals surface area contributed by atoms with Crippen molar-refractivity contribution in [3.8, 4) is 17.5 Å². The molecule has 0 radical (unpaired) electrons. The minimum Gasteiger partial charge on any atom is -0.497 e. The SMILES string of the molecule is COc1ccc(-n2nc(C#N)c3c2C(=O)N(c2ccc(C4(N5CCCC5)CC4)cc2)CC3)cc1. The van der Waals surface area contributed by atoms with E-state index in [1.54, 1.807) is 11.8 Å². The molecule has 0 spiro atoms. The van der Waals surface area contributed by atoms with Crippen LogP contribution in [0.1, 0.15) is 53.0 Å². The van der Waals surface area contributed by atoms with E-state index in [0.717, 1.165) is 22.7 Å². The average molecular weight is 454 g/mol. The maximum absolute atomic E-state index is 13.7. The number of ether oxygens (including phenoxy) is 1. The molecule has 2 fully saturated rings. The zero-order valence-electron chi connectivity index (χ0n) is 19.3. The number of rotatable bonds is 5. The van der Waals surface area contributed by atoms with E-state index >= 15 is 0 Å². The number of anilines is 1. The highest BCUT2D eigenvalue weighted by Crippen LogP contribution is 2.52. The summed E-state index contributed by atoms with van der Waals surface area (Å²) in [6.45, 7) is 2.91. The van der Waals surface area contributed by atoms with Crippen LogP contribution in [-0.4, -0.2) is 47.3 Å². The topological polar surface area (TPSA) is 74.4 Å². The maximum atomic E-state index is 13.7. The van der Waals surface area contributed by atoms with Gasteiger partial charge in [0.05, 0.1) is 12.8 Å². The molecule has 172 valence electrons. The van der Waals surface area contributed by atoms with Crippen LogP contribution in [0.3, 0.4) is 0 Å². The Hall–Kier alpha value is -3.63. The highest BCUT2D eigenvalue weighted by Gasteiger charge is 2.49. The number of benzene rings is 2. The number of aromatic nitrogens is 2. The Morgan fingerprint density at radius 3 is 2.26 bits per heavy atom. The van der Waals surface area contributed by atoms with Gasteiger partial charge in [-0.2, -0.15) is 10.4 Å². The largest absolute Gasteiger partial charge is 0.497 e. The number of hydrogen-bond donors (Lipinski definition) is 0. The molecule has 1 saturated carbocycles. The second kappa shape index (κ2) is 8.00. The third kappa shape index (κ3) is 3.21. The highest BCUT2D eigenvalue weighted by atomic mass is 16.5. The summed E-state index contributed by atoms with van der Waals surface area (Å²) in [5, 5.41) is 14.1. The average Bonchev–Trinajstić information content (AvgIpc) is 3.32. The molecule has 1 aliphatic carbocycles. The van der Waals surface area contributed by atoms with Gasteiger partial charge >= 0.3 is 0 Å². The van der Waals surface area contributed by atoms with E-state index in [-0.39, 0.29) is 11.4 Å². The number of methoxy groups -OCH3 is 1. The first kappa shape index (κ1) is 20.9. The van der Waals surface area contributed by atoms with Crippen LogP contribution in [-0.2, 0) is 12.0 Å². The Bertz CT molecular complexity index is 1280. The molecular weight excluding hydrogens is 426 g/mol. The fraction of sp³-hybridized carbons (Fsp3) is 0.370. The number of carbonyl (C=O) groups is 1. The molecule has 2 aromatic carbocycles. The molecule has 1 aromatic heterocycles. The molecule has 3 heterocycles. The summed E-state index contributed by atoms with van der Waals surface area (Å²) in [5.74, 6) is 0.597. The fourth-order valence-corrected chi connectivity index (χ4v) is 5.61. The number of hydrogen-bond acceptors (Lipinski definition) is 5. The van der Waals surface area contributed by atoms with Crippen LogP contribution in [0.15, 0.2) is 48.5 Å². The minimum absolute atomic E-state index is 0.125. The second-order valence-electron chi connectivity index (χ2n) is 9.38. The molecule has 0 atom stereocenters. The zero-order chi connectivity index (χ0) is 23.3. The van der Waals surface area contributed by atoms with Crippen molar-refractivity contribution in [1.82, 2.24) is 14.7 Å². The molecule has 34 heavy (non-hydrogen) atoms. The van der Waals surface area contributed by atoms with E-state index in [9.17, 15) is 10.1 Å². The Morgan fingerprint density at radius 2 is 1.65 bits per heavy atom. The molecule has 2 aliphatic heterocycles. The van der Waals surface area contributed by atoms with Gasteiger partial charge in [-0.3, -0.25) is 9.69 Å². The van der Waals surface area contributed by atoms with E-state index in [1.165, 1.54) is 44.3 Å². The van der Waals surface area contributed by atoms with Gasteiger partial charge in [0.15, 0.2) is 5.69 Å². The van der Waals surface area contributed by atoms with E-state index in [2.05, 4.69) is 40.3 Å². The lowest BCUT2D eigenvalue weighted by Crippen LogP contribution is -2.39. The van der Waals surface area contributed by atoms with Crippen LogP contribution in [0.2, 0.25) is 0 Å². The third-order valence-corrected chi connectivity index (χ3v) is 7.59. The van der Waals surface area contributed by atoms with Gasteiger partial charge in [0.1, 0.15) is 17.5 Å². The van der Waals surface area contributed by atoms with Gasteiger partial charge in [-0.1, -0.05) is 12.1 Å².